The summed E-state index contributed by atoms with van der Waals surface area (Å²) in [6, 6.07) is 38.6. The first-order chi connectivity index (χ1) is 28.8. The van der Waals surface area contributed by atoms with Crippen molar-refractivity contribution in [3.63, 3.8) is 0 Å². The molecule has 1 atom stereocenters. The second kappa shape index (κ2) is 19.6. The molecule has 0 saturated heterocycles. The van der Waals surface area contributed by atoms with Crippen LogP contribution < -0.4 is 0 Å². The lowest BCUT2D eigenvalue weighted by molar-refractivity contribution is 0.562. The Morgan fingerprint density at radius 3 is 2.08 bits per heavy atom. The van der Waals surface area contributed by atoms with Crippen molar-refractivity contribution in [2.75, 3.05) is 0 Å². The van der Waals surface area contributed by atoms with E-state index >= 15 is 0 Å². The average molecular weight is 772 g/mol. The predicted molar refractivity (Wildman–Crippen MR) is 256 cm³/mol. The van der Waals surface area contributed by atoms with Crippen molar-refractivity contribution in [1.29, 1.82) is 0 Å². The van der Waals surface area contributed by atoms with Gasteiger partial charge in [0.05, 0.1) is 16.9 Å². The fourth-order valence-electron chi connectivity index (χ4n) is 7.74. The van der Waals surface area contributed by atoms with E-state index in [0.717, 1.165) is 57.8 Å². The molecular formula is C56H57N3. The highest BCUT2D eigenvalue weighted by molar-refractivity contribution is 6.18. The maximum absolute atomic E-state index is 4.85. The van der Waals surface area contributed by atoms with Crippen molar-refractivity contribution in [1.82, 2.24) is 9.47 Å². The molecule has 3 nitrogen and oxygen atoms in total. The van der Waals surface area contributed by atoms with Crippen LogP contribution in [0.3, 0.4) is 0 Å². The van der Waals surface area contributed by atoms with Crippen LogP contribution in [0.15, 0.2) is 229 Å². The van der Waals surface area contributed by atoms with Crippen LogP contribution in [-0.2, 0) is 6.42 Å². The number of para-hydroxylation sites is 1. The molecule has 0 radical (unpaired) electrons. The zero-order chi connectivity index (χ0) is 41.9. The number of benzene rings is 4. The Bertz CT molecular complexity index is 2580. The summed E-state index contributed by atoms with van der Waals surface area (Å²) in [7, 11) is 0. The fourth-order valence-corrected chi connectivity index (χ4v) is 7.74. The van der Waals surface area contributed by atoms with E-state index in [1.807, 2.05) is 51.2 Å². The molecule has 59 heavy (non-hydrogen) atoms. The molecule has 0 bridgehead atoms. The van der Waals surface area contributed by atoms with E-state index in [1.54, 1.807) is 0 Å². The largest absolute Gasteiger partial charge is 0.317 e. The van der Waals surface area contributed by atoms with E-state index in [4.69, 9.17) is 4.99 Å². The molecule has 1 aromatic heterocycles. The topological polar surface area (TPSA) is 20.5 Å². The van der Waals surface area contributed by atoms with Crippen LogP contribution in [-0.4, -0.2) is 15.2 Å². The Kier molecular flexibility index (Phi) is 13.9. The minimum absolute atomic E-state index is 0.227. The van der Waals surface area contributed by atoms with E-state index < -0.39 is 0 Å². The van der Waals surface area contributed by atoms with Crippen molar-refractivity contribution in [3.05, 3.63) is 240 Å². The number of fused-ring (bicyclic) bond motifs is 1. The average Bonchev–Trinajstić information content (AvgIpc) is 3.57. The number of aryl methyl sites for hydroxylation is 1. The second-order valence-electron chi connectivity index (χ2n) is 14.7. The number of aliphatic imine (C=N–C) groups is 1. The van der Waals surface area contributed by atoms with Gasteiger partial charge in [-0.1, -0.05) is 168 Å². The van der Waals surface area contributed by atoms with E-state index in [9.17, 15) is 0 Å². The molecule has 1 unspecified atom stereocenters. The molecule has 5 aromatic rings. The molecule has 0 N–H and O–H groups in total. The van der Waals surface area contributed by atoms with Gasteiger partial charge in [0.2, 0.25) is 0 Å². The standard InChI is InChI=1S/C54H51N3.C2H6/c1-8-36-55-54-41(6)27-35-52-53(54)40(5)24-28-46(37-56(52)47(9-2)31-25-38(3)43-18-12-10-13-19-43)39(4)26-34-50-42(7)49-22-16-17-23-51(49)57(50)48-32-29-45(30-33-48)44-20-14-11-15-21-44;1-2/h8-25,27-33,35-37,39H,3,5-6,26,34H2,1-2,4,7H3;1-2H3/b28-24-,31-25-,36-8-,46-37+,47-9+,55-54?;. The molecule has 2 aliphatic rings. The molecule has 0 spiro atoms. The first-order valence-electron chi connectivity index (χ1n) is 20.8. The monoisotopic (exact) mass is 771 g/mol. The van der Waals surface area contributed by atoms with Crippen LogP contribution in [0.5, 0.6) is 0 Å². The molecule has 4 aromatic carbocycles. The highest BCUT2D eigenvalue weighted by Crippen LogP contribution is 2.37. The second-order valence-corrected chi connectivity index (χ2v) is 14.7. The van der Waals surface area contributed by atoms with Gasteiger partial charge in [-0.3, -0.25) is 4.99 Å². The lowest BCUT2D eigenvalue weighted by Gasteiger charge is -2.32. The predicted octanol–water partition coefficient (Wildman–Crippen LogP) is 15.0. The number of hydrogen-bond acceptors (Lipinski definition) is 2. The van der Waals surface area contributed by atoms with Gasteiger partial charge in [0.1, 0.15) is 0 Å². The summed E-state index contributed by atoms with van der Waals surface area (Å²) in [5.41, 5.74) is 16.3. The molecular weight excluding hydrogens is 715 g/mol. The quantitative estimate of drug-likeness (QED) is 0.123. The zero-order valence-corrected chi connectivity index (χ0v) is 35.6. The lowest BCUT2D eigenvalue weighted by Crippen LogP contribution is -2.24. The summed E-state index contributed by atoms with van der Waals surface area (Å²) in [6.45, 7) is 26.0. The molecule has 2 heterocycles. The number of nitrogens with zero attached hydrogens (tertiary/aromatic N) is 3. The van der Waals surface area contributed by atoms with E-state index in [1.165, 1.54) is 44.5 Å². The van der Waals surface area contributed by atoms with Crippen LogP contribution in [0.2, 0.25) is 0 Å². The van der Waals surface area contributed by atoms with E-state index in [2.05, 4.69) is 190 Å². The molecule has 3 heteroatoms. The van der Waals surface area contributed by atoms with Crippen LogP contribution in [0.25, 0.3) is 33.3 Å². The molecule has 0 fully saturated rings. The van der Waals surface area contributed by atoms with Crippen LogP contribution in [0, 0.1) is 12.8 Å². The van der Waals surface area contributed by atoms with Crippen molar-refractivity contribution >= 4 is 22.2 Å². The maximum Gasteiger partial charge on any atom is 0.0795 e. The van der Waals surface area contributed by atoms with Gasteiger partial charge in [0.25, 0.3) is 0 Å². The number of rotatable bonds is 11. The van der Waals surface area contributed by atoms with Gasteiger partial charge in [-0.2, -0.15) is 0 Å². The molecule has 7 rings (SSSR count). The van der Waals surface area contributed by atoms with Gasteiger partial charge in [0.15, 0.2) is 0 Å². The number of allylic oxidation sites excluding steroid dienone is 13. The summed E-state index contributed by atoms with van der Waals surface area (Å²) >= 11 is 0. The minimum atomic E-state index is 0.227. The molecule has 0 amide bonds. The third-order valence-corrected chi connectivity index (χ3v) is 11.0. The van der Waals surface area contributed by atoms with Crippen LogP contribution in [0.4, 0.5) is 0 Å². The third kappa shape index (κ3) is 9.21. The Morgan fingerprint density at radius 2 is 1.39 bits per heavy atom. The third-order valence-electron chi connectivity index (χ3n) is 11.0. The van der Waals surface area contributed by atoms with E-state index in [0.29, 0.717) is 0 Å². The number of hydrogen-bond donors (Lipinski definition) is 0. The first kappa shape index (κ1) is 41.9. The highest BCUT2D eigenvalue weighted by atomic mass is 15.1. The number of aromatic nitrogens is 1. The Hall–Kier alpha value is -6.71. The maximum atomic E-state index is 4.85. The SMILES string of the molecule is C=C1C=CC2=C(C(=C)/C=C\C(C(C)CCc3c(C)c4ccccc4n3-c3ccc(-c4ccccc4)cc3)=C/N2C(/C=C\C(=C)c2ccccc2)=C/C)C1=N/C=C\C.CC. The van der Waals surface area contributed by atoms with Crippen molar-refractivity contribution in [3.8, 4) is 16.8 Å². The normalized spacial score (nSPS) is 17.1. The molecule has 1 aliphatic carbocycles. The van der Waals surface area contributed by atoms with E-state index in [-0.39, 0.29) is 5.92 Å². The Labute approximate surface area is 352 Å². The van der Waals surface area contributed by atoms with Crippen LogP contribution >= 0.6 is 0 Å². The molecule has 0 saturated carbocycles. The summed E-state index contributed by atoms with van der Waals surface area (Å²) in [5.74, 6) is 0.227. The van der Waals surface area contributed by atoms with Gasteiger partial charge in [-0.25, -0.2) is 0 Å². The van der Waals surface area contributed by atoms with Gasteiger partial charge >= 0.3 is 0 Å². The van der Waals surface area contributed by atoms with Crippen LogP contribution in [0.1, 0.15) is 57.9 Å². The zero-order valence-electron chi connectivity index (χ0n) is 35.6. The van der Waals surface area contributed by atoms with Gasteiger partial charge in [-0.05, 0) is 114 Å². The van der Waals surface area contributed by atoms with Gasteiger partial charge in [-0.15, -0.1) is 0 Å². The smallest absolute Gasteiger partial charge is 0.0795 e. The Morgan fingerprint density at radius 1 is 0.746 bits per heavy atom. The summed E-state index contributed by atoms with van der Waals surface area (Å²) in [5, 5.41) is 1.29. The van der Waals surface area contributed by atoms with Gasteiger partial charge in [0, 0.05) is 40.4 Å². The first-order valence-corrected chi connectivity index (χ1v) is 20.8. The summed E-state index contributed by atoms with van der Waals surface area (Å²) in [4.78, 5) is 7.14. The summed E-state index contributed by atoms with van der Waals surface area (Å²) < 4.78 is 2.47. The molecule has 296 valence electrons. The molecule has 1 aliphatic heterocycles. The van der Waals surface area contributed by atoms with Gasteiger partial charge < -0.3 is 9.47 Å². The minimum Gasteiger partial charge on any atom is -0.317 e. The van der Waals surface area contributed by atoms with Crippen molar-refractivity contribution in [2.45, 2.75) is 54.4 Å². The highest BCUT2D eigenvalue weighted by Gasteiger charge is 2.26. The summed E-state index contributed by atoms with van der Waals surface area (Å²) in [6.07, 6.45) is 22.9. The lowest BCUT2D eigenvalue weighted by atomic mass is 9.87. The van der Waals surface area contributed by atoms with Crippen molar-refractivity contribution < 1.29 is 0 Å². The fraction of sp³-hybridized carbons (Fsp3) is 0.161. The van der Waals surface area contributed by atoms with Crippen molar-refractivity contribution in [2.24, 2.45) is 10.9 Å². The Balaban J connectivity index is 0.00000288.